The van der Waals surface area contributed by atoms with Gasteiger partial charge in [-0.15, -0.1) is 0 Å². The number of hydrogen-bond acceptors (Lipinski definition) is 2. The van der Waals surface area contributed by atoms with E-state index in [0.717, 1.165) is 5.56 Å². The van der Waals surface area contributed by atoms with Crippen LogP contribution in [0.1, 0.15) is 36.5 Å². The average molecular weight is 206 g/mol. The maximum Gasteiger partial charge on any atom is 0.136 e. The van der Waals surface area contributed by atoms with Crippen LogP contribution in [-0.4, -0.2) is 18.3 Å². The molecule has 2 nitrogen and oxygen atoms in total. The summed E-state index contributed by atoms with van der Waals surface area (Å²) >= 11 is 0. The van der Waals surface area contributed by atoms with Gasteiger partial charge in [-0.25, -0.2) is 0 Å². The van der Waals surface area contributed by atoms with Crippen LogP contribution in [0.25, 0.3) is 0 Å². The number of hydrogen-bond donors (Lipinski definition) is 1. The lowest BCUT2D eigenvalue weighted by atomic mass is 9.87. The van der Waals surface area contributed by atoms with E-state index in [4.69, 9.17) is 4.74 Å². The van der Waals surface area contributed by atoms with Crippen molar-refractivity contribution in [3.63, 3.8) is 0 Å². The fourth-order valence-corrected chi connectivity index (χ4v) is 1.88. The highest BCUT2D eigenvalue weighted by Crippen LogP contribution is 2.31. The Kier molecular flexibility index (Phi) is 2.57. The van der Waals surface area contributed by atoms with Crippen LogP contribution in [0, 0.1) is 6.92 Å². The van der Waals surface area contributed by atoms with Crippen molar-refractivity contribution < 1.29 is 9.84 Å². The average Bonchev–Trinajstić information content (AvgIpc) is 2.13. The van der Waals surface area contributed by atoms with Gasteiger partial charge in [0.1, 0.15) is 5.60 Å². The predicted molar refractivity (Wildman–Crippen MR) is 60.0 cm³/mol. The molecule has 0 radical (unpaired) electrons. The Labute approximate surface area is 90.9 Å². The summed E-state index contributed by atoms with van der Waals surface area (Å²) in [4.78, 5) is 0. The summed E-state index contributed by atoms with van der Waals surface area (Å²) in [7, 11) is 0. The molecule has 1 aliphatic heterocycles. The van der Waals surface area contributed by atoms with Crippen molar-refractivity contribution in [3.8, 4) is 0 Å². The van der Waals surface area contributed by atoms with Crippen molar-refractivity contribution in [3.05, 3.63) is 34.9 Å². The minimum Gasteiger partial charge on any atom is -0.380 e. The van der Waals surface area contributed by atoms with Crippen LogP contribution in [-0.2, 0) is 10.3 Å². The molecule has 0 atom stereocenters. The Morgan fingerprint density at radius 1 is 1.27 bits per heavy atom. The fraction of sp³-hybridized carbons (Fsp3) is 0.538. The normalized spacial score (nSPS) is 19.0. The molecule has 0 aliphatic carbocycles. The van der Waals surface area contributed by atoms with E-state index in [1.54, 1.807) is 0 Å². The van der Waals surface area contributed by atoms with Crippen molar-refractivity contribution in [1.29, 1.82) is 0 Å². The molecule has 2 rings (SSSR count). The molecule has 0 unspecified atom stereocenters. The maximum absolute atomic E-state index is 10.2. The molecule has 1 aliphatic rings. The van der Waals surface area contributed by atoms with E-state index in [0.29, 0.717) is 19.1 Å². The monoisotopic (exact) mass is 206 g/mol. The molecule has 1 N–H and O–H groups in total. The molecule has 1 saturated heterocycles. The first-order valence-corrected chi connectivity index (χ1v) is 5.43. The van der Waals surface area contributed by atoms with Gasteiger partial charge in [-0.05, 0) is 24.0 Å². The molecule has 1 aromatic carbocycles. The summed E-state index contributed by atoms with van der Waals surface area (Å²) in [6.45, 7) is 7.25. The van der Waals surface area contributed by atoms with Gasteiger partial charge in [-0.3, -0.25) is 0 Å². The minimum atomic E-state index is -0.740. The van der Waals surface area contributed by atoms with Gasteiger partial charge in [0.2, 0.25) is 0 Å². The molecule has 0 saturated carbocycles. The van der Waals surface area contributed by atoms with E-state index >= 15 is 0 Å². The van der Waals surface area contributed by atoms with Crippen molar-refractivity contribution in [2.45, 2.75) is 32.3 Å². The molecule has 2 heteroatoms. The SMILES string of the molecule is Cc1cc(C(C)C)cc(C2(O)COC2)c1. The van der Waals surface area contributed by atoms with Gasteiger partial charge in [-0.1, -0.05) is 37.6 Å². The van der Waals surface area contributed by atoms with E-state index in [9.17, 15) is 5.11 Å². The zero-order valence-electron chi connectivity index (χ0n) is 9.58. The highest BCUT2D eigenvalue weighted by Gasteiger charge is 2.38. The number of aliphatic hydroxyl groups is 1. The molecule has 1 fully saturated rings. The van der Waals surface area contributed by atoms with Crippen molar-refractivity contribution >= 4 is 0 Å². The molecule has 0 amide bonds. The lowest BCUT2D eigenvalue weighted by Gasteiger charge is -2.37. The Morgan fingerprint density at radius 2 is 1.93 bits per heavy atom. The van der Waals surface area contributed by atoms with Crippen LogP contribution < -0.4 is 0 Å². The highest BCUT2D eigenvalue weighted by molar-refractivity contribution is 5.35. The van der Waals surface area contributed by atoms with Crippen molar-refractivity contribution in [1.82, 2.24) is 0 Å². The quantitative estimate of drug-likeness (QED) is 0.804. The maximum atomic E-state index is 10.2. The predicted octanol–water partition coefficient (Wildman–Crippen LogP) is 2.34. The minimum absolute atomic E-state index is 0.425. The van der Waals surface area contributed by atoms with Gasteiger partial charge in [0.15, 0.2) is 0 Å². The van der Waals surface area contributed by atoms with Gasteiger partial charge in [0.25, 0.3) is 0 Å². The summed E-state index contributed by atoms with van der Waals surface area (Å²) in [5, 5.41) is 10.2. The number of ether oxygens (including phenoxy) is 1. The molecule has 0 aromatic heterocycles. The zero-order chi connectivity index (χ0) is 11.1. The Balaban J connectivity index is 2.39. The second kappa shape index (κ2) is 3.62. The fourth-order valence-electron chi connectivity index (χ4n) is 1.88. The second-order valence-corrected chi connectivity index (χ2v) is 4.81. The van der Waals surface area contributed by atoms with Gasteiger partial charge in [0, 0.05) is 0 Å². The van der Waals surface area contributed by atoms with Crippen LogP contribution in [0.4, 0.5) is 0 Å². The third kappa shape index (κ3) is 1.92. The Bertz CT molecular complexity index is 365. The van der Waals surface area contributed by atoms with Crippen LogP contribution >= 0.6 is 0 Å². The van der Waals surface area contributed by atoms with Gasteiger partial charge in [0.05, 0.1) is 13.2 Å². The van der Waals surface area contributed by atoms with Crippen molar-refractivity contribution in [2.75, 3.05) is 13.2 Å². The molecule has 0 bridgehead atoms. The van der Waals surface area contributed by atoms with Crippen LogP contribution in [0.2, 0.25) is 0 Å². The third-order valence-corrected chi connectivity index (χ3v) is 2.99. The van der Waals surface area contributed by atoms with E-state index in [1.807, 2.05) is 0 Å². The van der Waals surface area contributed by atoms with Crippen LogP contribution in [0.5, 0.6) is 0 Å². The van der Waals surface area contributed by atoms with Gasteiger partial charge < -0.3 is 9.84 Å². The molecule has 82 valence electrons. The van der Waals surface area contributed by atoms with Crippen LogP contribution in [0.15, 0.2) is 18.2 Å². The zero-order valence-corrected chi connectivity index (χ0v) is 9.58. The lowest BCUT2D eigenvalue weighted by molar-refractivity contribution is -0.184. The first kappa shape index (κ1) is 10.7. The highest BCUT2D eigenvalue weighted by atomic mass is 16.5. The molecular weight excluding hydrogens is 188 g/mol. The summed E-state index contributed by atoms with van der Waals surface area (Å²) < 4.78 is 5.08. The molecule has 15 heavy (non-hydrogen) atoms. The summed E-state index contributed by atoms with van der Waals surface area (Å²) in [6.07, 6.45) is 0. The van der Waals surface area contributed by atoms with Gasteiger partial charge in [-0.2, -0.15) is 0 Å². The summed E-state index contributed by atoms with van der Waals surface area (Å²) in [5.74, 6) is 0.494. The third-order valence-electron chi connectivity index (χ3n) is 2.99. The molecule has 1 heterocycles. The smallest absolute Gasteiger partial charge is 0.136 e. The Hall–Kier alpha value is -0.860. The number of aryl methyl sites for hydroxylation is 1. The standard InChI is InChI=1S/C13H18O2/c1-9(2)11-4-10(3)5-12(6-11)13(14)7-15-8-13/h4-6,9,14H,7-8H2,1-3H3. The van der Waals surface area contributed by atoms with E-state index in [2.05, 4.69) is 39.0 Å². The van der Waals surface area contributed by atoms with Crippen molar-refractivity contribution in [2.24, 2.45) is 0 Å². The first-order valence-electron chi connectivity index (χ1n) is 5.43. The number of benzene rings is 1. The van der Waals surface area contributed by atoms with E-state index in [1.165, 1.54) is 11.1 Å². The Morgan fingerprint density at radius 3 is 2.40 bits per heavy atom. The largest absolute Gasteiger partial charge is 0.380 e. The first-order chi connectivity index (χ1) is 7.01. The molecule has 0 spiro atoms. The topological polar surface area (TPSA) is 29.5 Å². The second-order valence-electron chi connectivity index (χ2n) is 4.81. The van der Waals surface area contributed by atoms with Crippen LogP contribution in [0.3, 0.4) is 0 Å². The molecule has 1 aromatic rings. The summed E-state index contributed by atoms with van der Waals surface area (Å²) in [5.41, 5.74) is 2.75. The lowest BCUT2D eigenvalue weighted by Crippen LogP contribution is -2.46. The van der Waals surface area contributed by atoms with Gasteiger partial charge >= 0.3 is 0 Å². The van der Waals surface area contributed by atoms with E-state index < -0.39 is 5.60 Å². The number of rotatable bonds is 2. The molecular formula is C13H18O2. The van der Waals surface area contributed by atoms with E-state index in [-0.39, 0.29) is 0 Å². The summed E-state index contributed by atoms with van der Waals surface area (Å²) in [6, 6.07) is 6.33.